The molecule has 0 spiro atoms. The normalized spacial score (nSPS) is 14.5. The van der Waals surface area contributed by atoms with Gasteiger partial charge in [0.2, 0.25) is 5.91 Å². The first-order valence-electron chi connectivity index (χ1n) is 11.0. The van der Waals surface area contributed by atoms with Crippen molar-refractivity contribution in [2.24, 2.45) is 0 Å². The third kappa shape index (κ3) is 4.64. The van der Waals surface area contributed by atoms with Crippen LogP contribution in [0.3, 0.4) is 0 Å². The van der Waals surface area contributed by atoms with Crippen LogP contribution in [0, 0.1) is 0 Å². The standard InChI is InChI=1S/C26H23N3O3S/c30-24(13-22(26(31)32)19-5-2-10-27-14-19)28-21-9-8-16-6-7-18(11-20(16)12-21)25-29-23(15-33-25)17-3-1-4-17/h2,5-12,14-15,17,22H,1,3-4,13H2,(H,28,30)(H,31,32). The molecule has 6 nitrogen and oxygen atoms in total. The highest BCUT2D eigenvalue weighted by molar-refractivity contribution is 7.13. The molecule has 1 atom stereocenters. The van der Waals surface area contributed by atoms with E-state index in [1.54, 1.807) is 29.7 Å². The highest BCUT2D eigenvalue weighted by Gasteiger charge is 2.24. The van der Waals surface area contributed by atoms with Gasteiger partial charge in [0.15, 0.2) is 0 Å². The van der Waals surface area contributed by atoms with E-state index in [1.165, 1.54) is 31.2 Å². The molecule has 7 heteroatoms. The average molecular weight is 458 g/mol. The Morgan fingerprint density at radius 1 is 1.12 bits per heavy atom. The van der Waals surface area contributed by atoms with Crippen LogP contribution in [-0.2, 0) is 9.59 Å². The van der Waals surface area contributed by atoms with Gasteiger partial charge < -0.3 is 10.4 Å². The van der Waals surface area contributed by atoms with E-state index in [9.17, 15) is 14.7 Å². The van der Waals surface area contributed by atoms with Gasteiger partial charge in [-0.05, 0) is 53.4 Å². The van der Waals surface area contributed by atoms with Crippen LogP contribution in [0.15, 0.2) is 66.3 Å². The first kappa shape index (κ1) is 21.3. The first-order valence-corrected chi connectivity index (χ1v) is 11.9. The van der Waals surface area contributed by atoms with Gasteiger partial charge in [-0.3, -0.25) is 14.6 Å². The summed E-state index contributed by atoms with van der Waals surface area (Å²) in [6.07, 6.45) is 6.64. The van der Waals surface area contributed by atoms with Crippen molar-refractivity contribution in [2.75, 3.05) is 5.32 Å². The quantitative estimate of drug-likeness (QED) is 0.365. The minimum atomic E-state index is -1.05. The van der Waals surface area contributed by atoms with E-state index in [0.29, 0.717) is 17.2 Å². The predicted octanol–water partition coefficient (Wildman–Crippen LogP) is 5.82. The lowest BCUT2D eigenvalue weighted by Gasteiger charge is -2.22. The number of carbonyl (C=O) groups is 2. The van der Waals surface area contributed by atoms with Crippen molar-refractivity contribution in [3.8, 4) is 10.6 Å². The Morgan fingerprint density at radius 2 is 1.97 bits per heavy atom. The average Bonchev–Trinajstić information content (AvgIpc) is 3.25. The molecule has 0 bridgehead atoms. The van der Waals surface area contributed by atoms with Crippen LogP contribution in [0.5, 0.6) is 0 Å². The Morgan fingerprint density at radius 3 is 2.70 bits per heavy atom. The summed E-state index contributed by atoms with van der Waals surface area (Å²) in [5.41, 5.74) is 3.40. The SMILES string of the molecule is O=C(CC(C(=O)O)c1cccnc1)Nc1ccc2ccc(-c3nc(C4CCC4)cs3)cc2c1. The smallest absolute Gasteiger partial charge is 0.311 e. The monoisotopic (exact) mass is 457 g/mol. The third-order valence-electron chi connectivity index (χ3n) is 6.19. The van der Waals surface area contributed by atoms with Gasteiger partial charge in [-0.2, -0.15) is 0 Å². The van der Waals surface area contributed by atoms with Gasteiger partial charge in [-0.1, -0.05) is 30.7 Å². The number of carboxylic acid groups (broad SMARTS) is 1. The molecule has 2 N–H and O–H groups in total. The molecule has 1 amide bonds. The highest BCUT2D eigenvalue weighted by Crippen LogP contribution is 2.38. The summed E-state index contributed by atoms with van der Waals surface area (Å²) in [4.78, 5) is 33.1. The number of pyridine rings is 1. The number of nitrogens with zero attached hydrogens (tertiary/aromatic N) is 2. The number of carboxylic acids is 1. The number of amides is 1. The molecule has 5 rings (SSSR count). The molecular formula is C26H23N3O3S. The zero-order valence-corrected chi connectivity index (χ0v) is 18.7. The molecule has 1 aliphatic rings. The van der Waals surface area contributed by atoms with Crippen LogP contribution in [-0.4, -0.2) is 27.0 Å². The number of hydrogen-bond acceptors (Lipinski definition) is 5. The number of fused-ring (bicyclic) bond motifs is 1. The van der Waals surface area contributed by atoms with Crippen molar-refractivity contribution in [1.82, 2.24) is 9.97 Å². The van der Waals surface area contributed by atoms with Gasteiger partial charge >= 0.3 is 5.97 Å². The molecule has 0 aliphatic heterocycles. The largest absolute Gasteiger partial charge is 0.481 e. The molecular weight excluding hydrogens is 434 g/mol. The minimum absolute atomic E-state index is 0.165. The highest BCUT2D eigenvalue weighted by atomic mass is 32.1. The summed E-state index contributed by atoms with van der Waals surface area (Å²) < 4.78 is 0. The van der Waals surface area contributed by atoms with Gasteiger partial charge in [-0.15, -0.1) is 11.3 Å². The molecule has 1 unspecified atom stereocenters. The van der Waals surface area contributed by atoms with Crippen molar-refractivity contribution in [3.05, 3.63) is 77.6 Å². The van der Waals surface area contributed by atoms with E-state index in [4.69, 9.17) is 4.98 Å². The fourth-order valence-electron chi connectivity index (χ4n) is 4.10. The molecule has 2 aromatic carbocycles. The van der Waals surface area contributed by atoms with Gasteiger partial charge in [0.05, 0.1) is 11.6 Å². The Kier molecular flexibility index (Phi) is 5.88. The summed E-state index contributed by atoms with van der Waals surface area (Å²) in [5.74, 6) is -1.74. The van der Waals surface area contributed by atoms with Gasteiger partial charge in [-0.25, -0.2) is 4.98 Å². The number of hydrogen-bond donors (Lipinski definition) is 2. The van der Waals surface area contributed by atoms with Crippen LogP contribution >= 0.6 is 11.3 Å². The van der Waals surface area contributed by atoms with Crippen LogP contribution in [0.2, 0.25) is 0 Å². The van der Waals surface area contributed by atoms with Gasteiger partial charge in [0.1, 0.15) is 5.01 Å². The maximum atomic E-state index is 12.6. The van der Waals surface area contributed by atoms with Gasteiger partial charge in [0, 0.05) is 41.4 Å². The predicted molar refractivity (Wildman–Crippen MR) is 130 cm³/mol. The van der Waals surface area contributed by atoms with Crippen LogP contribution in [0.4, 0.5) is 5.69 Å². The Balaban J connectivity index is 1.33. The number of nitrogens with one attached hydrogen (secondary N) is 1. The summed E-state index contributed by atoms with van der Waals surface area (Å²) >= 11 is 1.67. The zero-order valence-electron chi connectivity index (χ0n) is 17.9. The minimum Gasteiger partial charge on any atom is -0.481 e. The molecule has 0 radical (unpaired) electrons. The molecule has 2 heterocycles. The lowest BCUT2D eigenvalue weighted by atomic mass is 9.83. The molecule has 1 saturated carbocycles. The summed E-state index contributed by atoms with van der Waals surface area (Å²) in [6, 6.07) is 15.3. The number of carbonyl (C=O) groups excluding carboxylic acids is 1. The van der Waals surface area contributed by atoms with Crippen LogP contribution in [0.25, 0.3) is 21.3 Å². The van der Waals surface area contributed by atoms with Crippen molar-refractivity contribution >= 4 is 39.7 Å². The number of aliphatic carboxylic acids is 1. The first-order chi connectivity index (χ1) is 16.1. The zero-order chi connectivity index (χ0) is 22.8. The molecule has 0 saturated heterocycles. The Bertz CT molecular complexity index is 1310. The molecule has 2 aromatic heterocycles. The van der Waals surface area contributed by atoms with Crippen molar-refractivity contribution in [2.45, 2.75) is 37.5 Å². The van der Waals surface area contributed by atoms with Gasteiger partial charge in [0.25, 0.3) is 0 Å². The maximum Gasteiger partial charge on any atom is 0.311 e. The van der Waals surface area contributed by atoms with Crippen LogP contribution in [0.1, 0.15) is 48.8 Å². The van der Waals surface area contributed by atoms with Crippen LogP contribution < -0.4 is 5.32 Å². The second-order valence-corrected chi connectivity index (χ2v) is 9.27. The number of aromatic nitrogens is 2. The maximum absolute atomic E-state index is 12.6. The van der Waals surface area contributed by atoms with E-state index in [0.717, 1.165) is 21.3 Å². The lowest BCUT2D eigenvalue weighted by molar-refractivity contribution is -0.140. The topological polar surface area (TPSA) is 92.2 Å². The van der Waals surface area contributed by atoms with E-state index in [2.05, 4.69) is 33.9 Å². The van der Waals surface area contributed by atoms with Crippen molar-refractivity contribution < 1.29 is 14.7 Å². The van der Waals surface area contributed by atoms with E-state index >= 15 is 0 Å². The fourth-order valence-corrected chi connectivity index (χ4v) is 4.99. The molecule has 33 heavy (non-hydrogen) atoms. The second kappa shape index (κ2) is 9.11. The third-order valence-corrected chi connectivity index (χ3v) is 7.10. The fraction of sp³-hybridized carbons (Fsp3) is 0.231. The number of rotatable bonds is 7. The summed E-state index contributed by atoms with van der Waals surface area (Å²) in [6.45, 7) is 0. The lowest BCUT2D eigenvalue weighted by Crippen LogP contribution is -2.21. The summed E-state index contributed by atoms with van der Waals surface area (Å²) in [7, 11) is 0. The van der Waals surface area contributed by atoms with E-state index < -0.39 is 11.9 Å². The molecule has 4 aromatic rings. The van der Waals surface area contributed by atoms with Crippen molar-refractivity contribution in [1.29, 1.82) is 0 Å². The number of benzene rings is 2. The van der Waals surface area contributed by atoms with E-state index in [-0.39, 0.29) is 12.3 Å². The molecule has 1 aliphatic carbocycles. The number of anilines is 1. The Labute approximate surface area is 195 Å². The van der Waals surface area contributed by atoms with Crippen molar-refractivity contribution in [3.63, 3.8) is 0 Å². The Hall–Kier alpha value is -3.58. The number of thiazole rings is 1. The summed E-state index contributed by atoms with van der Waals surface area (Å²) in [5, 5.41) is 17.6. The molecule has 1 fully saturated rings. The van der Waals surface area contributed by atoms with E-state index in [1.807, 2.05) is 18.2 Å². The second-order valence-electron chi connectivity index (χ2n) is 8.41. The molecule has 166 valence electrons.